The highest BCUT2D eigenvalue weighted by atomic mass is 35.5. The lowest BCUT2D eigenvalue weighted by Gasteiger charge is -2.30. The number of amides is 2. The van der Waals surface area contributed by atoms with Crippen LogP contribution in [0, 0.1) is 5.82 Å². The smallest absolute Gasteiger partial charge is 0.318 e. The predicted octanol–water partition coefficient (Wildman–Crippen LogP) is 3.26. The minimum atomic E-state index is -0.776. The second kappa shape index (κ2) is 9.60. The van der Waals surface area contributed by atoms with Gasteiger partial charge in [-0.3, -0.25) is 0 Å². The number of nitrogens with one attached hydrogen (secondary N) is 2. The van der Waals surface area contributed by atoms with Crippen LogP contribution in [0.2, 0.25) is 10.2 Å². The number of fused-ring (bicyclic) bond motifs is 1. The van der Waals surface area contributed by atoms with Crippen molar-refractivity contribution >= 4 is 41.0 Å². The number of aromatic nitrogens is 4. The van der Waals surface area contributed by atoms with Crippen molar-refractivity contribution < 1.29 is 14.3 Å². The van der Waals surface area contributed by atoms with Crippen molar-refractivity contribution in [2.75, 3.05) is 18.5 Å². The second-order valence-corrected chi connectivity index (χ2v) is 7.84. The maximum atomic E-state index is 13.8. The highest BCUT2D eigenvalue weighted by molar-refractivity contribution is 6.30. The number of aliphatic hydroxyl groups is 1. The zero-order valence-corrected chi connectivity index (χ0v) is 18.1. The number of rotatable bonds is 5. The Bertz CT molecular complexity index is 1130. The Morgan fingerprint density at radius 1 is 1.22 bits per heavy atom. The van der Waals surface area contributed by atoms with Crippen LogP contribution in [0.15, 0.2) is 36.8 Å². The molecule has 1 unspecified atom stereocenters. The second-order valence-electron chi connectivity index (χ2n) is 7.04. The van der Waals surface area contributed by atoms with Gasteiger partial charge < -0.3 is 20.6 Å². The molecular formula is C20H18Cl2FN7O2. The maximum absolute atomic E-state index is 13.8. The zero-order valence-electron chi connectivity index (χ0n) is 16.6. The van der Waals surface area contributed by atoms with Gasteiger partial charge in [-0.1, -0.05) is 29.3 Å². The molecule has 0 radical (unpaired) electrons. The Morgan fingerprint density at radius 2 is 2.06 bits per heavy atom. The zero-order chi connectivity index (χ0) is 22.7. The van der Waals surface area contributed by atoms with E-state index < -0.39 is 24.5 Å². The Morgan fingerprint density at radius 3 is 2.78 bits per heavy atom. The molecule has 0 aliphatic carbocycles. The molecule has 2 aromatic heterocycles. The van der Waals surface area contributed by atoms with Crippen molar-refractivity contribution in [2.24, 2.45) is 0 Å². The number of anilines is 2. The van der Waals surface area contributed by atoms with E-state index in [9.17, 15) is 14.3 Å². The van der Waals surface area contributed by atoms with Gasteiger partial charge in [-0.15, -0.1) is 0 Å². The average molecular weight is 478 g/mol. The van der Waals surface area contributed by atoms with Gasteiger partial charge in [0.2, 0.25) is 5.95 Å². The third kappa shape index (κ3) is 5.04. The molecule has 3 heterocycles. The average Bonchev–Trinajstić information content (AvgIpc) is 2.80. The lowest BCUT2D eigenvalue weighted by atomic mass is 10.1. The summed E-state index contributed by atoms with van der Waals surface area (Å²) in [4.78, 5) is 31.2. The number of urea groups is 1. The minimum Gasteiger partial charge on any atom is -0.394 e. The minimum absolute atomic E-state index is 0.0296. The summed E-state index contributed by atoms with van der Waals surface area (Å²) in [7, 11) is 0. The predicted molar refractivity (Wildman–Crippen MR) is 116 cm³/mol. The molecule has 12 heteroatoms. The Balaban J connectivity index is 1.44. The number of hydrogen-bond acceptors (Lipinski definition) is 7. The third-order valence-corrected chi connectivity index (χ3v) is 5.42. The molecule has 9 nitrogen and oxygen atoms in total. The van der Waals surface area contributed by atoms with Gasteiger partial charge in [-0.05, 0) is 29.7 Å². The van der Waals surface area contributed by atoms with E-state index in [0.29, 0.717) is 36.0 Å². The molecular weight excluding hydrogens is 460 g/mol. The molecule has 32 heavy (non-hydrogen) atoms. The molecule has 0 saturated heterocycles. The molecule has 4 rings (SSSR count). The van der Waals surface area contributed by atoms with E-state index in [-0.39, 0.29) is 16.7 Å². The fourth-order valence-electron chi connectivity index (χ4n) is 3.23. The Labute approximate surface area is 192 Å². The van der Waals surface area contributed by atoms with Crippen molar-refractivity contribution in [3.05, 3.63) is 69.6 Å². The first-order chi connectivity index (χ1) is 15.4. The molecule has 0 fully saturated rings. The van der Waals surface area contributed by atoms with Gasteiger partial charge in [0.25, 0.3) is 0 Å². The first-order valence-electron chi connectivity index (χ1n) is 9.63. The van der Waals surface area contributed by atoms with Gasteiger partial charge in [-0.25, -0.2) is 29.1 Å². The molecule has 166 valence electrons. The fraction of sp³-hybridized carbons (Fsp3) is 0.250. The van der Waals surface area contributed by atoms with Crippen molar-refractivity contribution in [3.63, 3.8) is 0 Å². The summed E-state index contributed by atoms with van der Waals surface area (Å²) in [5.74, 6) is 0.124. The summed E-state index contributed by atoms with van der Waals surface area (Å²) in [6, 6.07) is 2.96. The van der Waals surface area contributed by atoms with Gasteiger partial charge in [0.1, 0.15) is 11.0 Å². The normalized spacial score (nSPS) is 13.9. The Hall–Kier alpha value is -3.08. The molecule has 0 saturated carbocycles. The number of nitrogens with zero attached hydrogens (tertiary/aromatic N) is 5. The van der Waals surface area contributed by atoms with Crippen molar-refractivity contribution in [3.8, 4) is 0 Å². The van der Waals surface area contributed by atoms with E-state index in [1.54, 1.807) is 17.2 Å². The van der Waals surface area contributed by atoms with E-state index in [4.69, 9.17) is 23.2 Å². The lowest BCUT2D eigenvalue weighted by Crippen LogP contribution is -2.45. The van der Waals surface area contributed by atoms with Gasteiger partial charge in [0.05, 0.1) is 42.3 Å². The van der Waals surface area contributed by atoms with Crippen LogP contribution >= 0.6 is 23.2 Å². The molecule has 1 aromatic carbocycles. The van der Waals surface area contributed by atoms with Crippen LogP contribution in [0.5, 0.6) is 0 Å². The largest absolute Gasteiger partial charge is 0.394 e. The highest BCUT2D eigenvalue weighted by Crippen LogP contribution is 2.22. The quantitative estimate of drug-likeness (QED) is 0.516. The first kappa shape index (κ1) is 22.1. The number of benzene rings is 1. The van der Waals surface area contributed by atoms with Crippen LogP contribution < -0.4 is 10.6 Å². The first-order valence-corrected chi connectivity index (χ1v) is 10.4. The van der Waals surface area contributed by atoms with Crippen LogP contribution in [0.3, 0.4) is 0 Å². The van der Waals surface area contributed by atoms with Gasteiger partial charge in [0.15, 0.2) is 5.82 Å². The van der Waals surface area contributed by atoms with E-state index in [2.05, 4.69) is 30.6 Å². The molecule has 0 spiro atoms. The van der Waals surface area contributed by atoms with Crippen LogP contribution in [0.1, 0.15) is 22.9 Å². The summed E-state index contributed by atoms with van der Waals surface area (Å²) in [6.45, 7) is 0.304. The van der Waals surface area contributed by atoms with Crippen LogP contribution in [0.25, 0.3) is 0 Å². The number of hydrogen-bond donors (Lipinski definition) is 3. The van der Waals surface area contributed by atoms with Crippen molar-refractivity contribution in [1.29, 1.82) is 0 Å². The standard InChI is InChI=1S/C20H18Cl2FN7O2/c21-13-2-1-11(5-14(13)23)16(10-31)28-20(32)30-4-3-12-6-26-19(27-15(12)9-30)29-18-8-24-17(22)7-25-18/h1-2,5-8,16,31H,3-4,9-10H2,(H,28,32)(H,25,26,27,29). The third-order valence-electron chi connectivity index (χ3n) is 4.92. The van der Waals surface area contributed by atoms with E-state index in [1.807, 2.05) is 0 Å². The van der Waals surface area contributed by atoms with E-state index in [0.717, 1.165) is 5.56 Å². The number of halogens is 3. The van der Waals surface area contributed by atoms with Crippen molar-refractivity contribution in [2.45, 2.75) is 19.0 Å². The Kier molecular flexibility index (Phi) is 6.63. The summed E-state index contributed by atoms with van der Waals surface area (Å²) in [5, 5.41) is 15.6. The summed E-state index contributed by atoms with van der Waals surface area (Å²) < 4.78 is 13.8. The topological polar surface area (TPSA) is 116 Å². The fourth-order valence-corrected chi connectivity index (χ4v) is 3.45. The molecule has 3 N–H and O–H groups in total. The molecule has 1 aliphatic heterocycles. The monoisotopic (exact) mass is 477 g/mol. The molecule has 1 atom stereocenters. The van der Waals surface area contributed by atoms with E-state index in [1.165, 1.54) is 24.5 Å². The van der Waals surface area contributed by atoms with Crippen molar-refractivity contribution in [1.82, 2.24) is 30.2 Å². The lowest BCUT2D eigenvalue weighted by molar-refractivity contribution is 0.176. The summed E-state index contributed by atoms with van der Waals surface area (Å²) >= 11 is 11.5. The number of carbonyl (C=O) groups excluding carboxylic acids is 1. The van der Waals surface area contributed by atoms with Crippen LogP contribution in [-0.4, -0.2) is 49.1 Å². The number of aliphatic hydroxyl groups excluding tert-OH is 1. The van der Waals surface area contributed by atoms with Crippen LogP contribution in [0.4, 0.5) is 21.0 Å². The SMILES string of the molecule is O=C(NC(CO)c1ccc(Cl)c(F)c1)N1CCc2cnc(Nc3cnc(Cl)cn3)nc2C1. The van der Waals surface area contributed by atoms with E-state index >= 15 is 0 Å². The molecule has 1 aliphatic rings. The molecule has 0 bridgehead atoms. The van der Waals surface area contributed by atoms with Gasteiger partial charge in [0, 0.05) is 12.7 Å². The maximum Gasteiger partial charge on any atom is 0.318 e. The molecule has 2 amide bonds. The van der Waals surface area contributed by atoms with Crippen LogP contribution in [-0.2, 0) is 13.0 Å². The highest BCUT2D eigenvalue weighted by Gasteiger charge is 2.25. The van der Waals surface area contributed by atoms with Gasteiger partial charge >= 0.3 is 6.03 Å². The van der Waals surface area contributed by atoms with Gasteiger partial charge in [-0.2, -0.15) is 0 Å². The number of carbonyl (C=O) groups is 1. The summed E-state index contributed by atoms with van der Waals surface area (Å²) in [6.07, 6.45) is 5.14. The molecule has 3 aromatic rings. The summed E-state index contributed by atoms with van der Waals surface area (Å²) in [5.41, 5.74) is 2.03.